The van der Waals surface area contributed by atoms with Crippen molar-refractivity contribution in [3.05, 3.63) is 42.1 Å². The molecule has 1 aromatic heterocycles. The van der Waals surface area contributed by atoms with Gasteiger partial charge in [0.25, 0.3) is 0 Å². The molecule has 2 N–H and O–H groups in total. The summed E-state index contributed by atoms with van der Waals surface area (Å²) in [6.07, 6.45) is 2.19. The second-order valence-corrected chi connectivity index (χ2v) is 8.32. The van der Waals surface area contributed by atoms with Gasteiger partial charge in [0.1, 0.15) is 5.82 Å². The van der Waals surface area contributed by atoms with Gasteiger partial charge in [-0.25, -0.2) is 18.2 Å². The maximum absolute atomic E-state index is 11.8. The number of benzene rings is 1. The van der Waals surface area contributed by atoms with Gasteiger partial charge < -0.3 is 15.3 Å². The minimum absolute atomic E-state index is 0.116. The van der Waals surface area contributed by atoms with Gasteiger partial charge in [0, 0.05) is 24.5 Å². The summed E-state index contributed by atoms with van der Waals surface area (Å²) in [5.74, 6) is 0.366. The largest absolute Gasteiger partial charge is 0.478 e. The summed E-state index contributed by atoms with van der Waals surface area (Å²) in [4.78, 5) is 21.6. The van der Waals surface area contributed by atoms with Crippen LogP contribution >= 0.6 is 0 Å². The van der Waals surface area contributed by atoms with Gasteiger partial charge in [-0.1, -0.05) is 0 Å². The molecule has 0 spiro atoms. The lowest BCUT2D eigenvalue weighted by molar-refractivity contribution is 0.0697. The van der Waals surface area contributed by atoms with E-state index in [0.717, 1.165) is 0 Å². The van der Waals surface area contributed by atoms with Crippen molar-refractivity contribution < 1.29 is 18.3 Å². The molecule has 1 aliphatic heterocycles. The van der Waals surface area contributed by atoms with Crippen LogP contribution < -0.4 is 10.2 Å². The van der Waals surface area contributed by atoms with Gasteiger partial charge in [-0.3, -0.25) is 0 Å². The Hall–Kier alpha value is -2.68. The third-order valence-corrected chi connectivity index (χ3v) is 6.04. The average Bonchev–Trinajstić information content (AvgIpc) is 2.96. The number of carboxylic acid groups (broad SMARTS) is 1. The Morgan fingerprint density at radius 3 is 2.62 bits per heavy atom. The fourth-order valence-electron chi connectivity index (χ4n) is 2.98. The Morgan fingerprint density at radius 2 is 2.04 bits per heavy atom. The molecule has 1 unspecified atom stereocenters. The molecule has 2 heterocycles. The van der Waals surface area contributed by atoms with Crippen LogP contribution in [0.25, 0.3) is 0 Å². The molecule has 1 aliphatic rings. The molecule has 2 aromatic rings. The Kier molecular flexibility index (Phi) is 5.08. The highest BCUT2D eigenvalue weighted by molar-refractivity contribution is 7.91. The van der Waals surface area contributed by atoms with E-state index in [-0.39, 0.29) is 23.1 Å². The number of aromatic nitrogens is 2. The van der Waals surface area contributed by atoms with Gasteiger partial charge in [-0.15, -0.1) is 0 Å². The standard InChI is InChI=1S/C17H20N4O4S/c1-2-21(14-8-10-26(24,25)11-14)17-18-9-7-15(20-17)19-13-5-3-12(4-6-13)16(22)23/h3-7,9,14H,2,8,10-11H2,1H3,(H,22,23)(H,18,19,20). The van der Waals surface area contributed by atoms with Gasteiger partial charge in [0.05, 0.1) is 17.1 Å². The lowest BCUT2D eigenvalue weighted by Crippen LogP contribution is -2.37. The molecule has 3 rings (SSSR count). The molecule has 0 amide bonds. The maximum atomic E-state index is 11.8. The van der Waals surface area contributed by atoms with Crippen molar-refractivity contribution in [3.8, 4) is 0 Å². The molecular weight excluding hydrogens is 356 g/mol. The minimum Gasteiger partial charge on any atom is -0.478 e. The van der Waals surface area contributed by atoms with Crippen molar-refractivity contribution in [2.24, 2.45) is 0 Å². The first-order valence-electron chi connectivity index (χ1n) is 8.28. The van der Waals surface area contributed by atoms with Gasteiger partial charge in [0.15, 0.2) is 9.84 Å². The van der Waals surface area contributed by atoms with E-state index < -0.39 is 15.8 Å². The Balaban J connectivity index is 1.77. The van der Waals surface area contributed by atoms with E-state index in [1.54, 1.807) is 24.4 Å². The van der Waals surface area contributed by atoms with Crippen molar-refractivity contribution in [2.75, 3.05) is 28.3 Å². The molecule has 26 heavy (non-hydrogen) atoms. The number of rotatable bonds is 6. The number of sulfone groups is 1. The fourth-order valence-corrected chi connectivity index (χ4v) is 4.72. The van der Waals surface area contributed by atoms with E-state index in [4.69, 9.17) is 5.11 Å². The van der Waals surface area contributed by atoms with Gasteiger partial charge in [-0.05, 0) is 43.7 Å². The van der Waals surface area contributed by atoms with Crippen LogP contribution in [0.1, 0.15) is 23.7 Å². The maximum Gasteiger partial charge on any atom is 0.335 e. The topological polar surface area (TPSA) is 112 Å². The lowest BCUT2D eigenvalue weighted by Gasteiger charge is -2.26. The number of carbonyl (C=O) groups is 1. The molecule has 0 aliphatic carbocycles. The van der Waals surface area contributed by atoms with Crippen LogP contribution in [0.15, 0.2) is 36.5 Å². The van der Waals surface area contributed by atoms with Crippen molar-refractivity contribution in [2.45, 2.75) is 19.4 Å². The quantitative estimate of drug-likeness (QED) is 0.786. The van der Waals surface area contributed by atoms with Crippen LogP contribution in [0.2, 0.25) is 0 Å². The van der Waals surface area contributed by atoms with Gasteiger partial charge >= 0.3 is 5.97 Å². The molecule has 1 aromatic carbocycles. The monoisotopic (exact) mass is 376 g/mol. The van der Waals surface area contributed by atoms with E-state index in [1.165, 1.54) is 12.1 Å². The highest BCUT2D eigenvalue weighted by Gasteiger charge is 2.32. The summed E-state index contributed by atoms with van der Waals surface area (Å²) in [6, 6.07) is 7.92. The molecule has 9 heteroatoms. The van der Waals surface area contributed by atoms with E-state index >= 15 is 0 Å². The van der Waals surface area contributed by atoms with Crippen molar-refractivity contribution in [1.82, 2.24) is 9.97 Å². The summed E-state index contributed by atoms with van der Waals surface area (Å²) in [5, 5.41) is 12.0. The molecule has 1 fully saturated rings. The van der Waals surface area contributed by atoms with Gasteiger partial charge in [-0.2, -0.15) is 4.98 Å². The smallest absolute Gasteiger partial charge is 0.335 e. The molecule has 0 bridgehead atoms. The van der Waals surface area contributed by atoms with Crippen LogP contribution in [0.4, 0.5) is 17.5 Å². The summed E-state index contributed by atoms with van der Waals surface area (Å²) in [7, 11) is -2.99. The van der Waals surface area contributed by atoms with Crippen LogP contribution in [-0.2, 0) is 9.84 Å². The predicted molar refractivity (Wildman–Crippen MR) is 98.8 cm³/mol. The predicted octanol–water partition coefficient (Wildman–Crippen LogP) is 1.93. The van der Waals surface area contributed by atoms with E-state index in [0.29, 0.717) is 30.4 Å². The molecule has 0 radical (unpaired) electrons. The third kappa shape index (κ3) is 4.10. The van der Waals surface area contributed by atoms with E-state index in [1.807, 2.05) is 11.8 Å². The first kappa shape index (κ1) is 18.1. The SMILES string of the molecule is CCN(c1nccc(Nc2ccc(C(=O)O)cc2)n1)C1CCS(=O)(=O)C1. The zero-order chi connectivity index (χ0) is 18.7. The van der Waals surface area contributed by atoms with Crippen LogP contribution in [-0.4, -0.2) is 53.6 Å². The third-order valence-electron chi connectivity index (χ3n) is 4.29. The molecule has 1 atom stereocenters. The van der Waals surface area contributed by atoms with Crippen LogP contribution in [0, 0.1) is 0 Å². The van der Waals surface area contributed by atoms with E-state index in [2.05, 4.69) is 15.3 Å². The summed E-state index contributed by atoms with van der Waals surface area (Å²) < 4.78 is 23.5. The molecule has 1 saturated heterocycles. The fraction of sp³-hybridized carbons (Fsp3) is 0.353. The molecule has 0 saturated carbocycles. The molecular formula is C17H20N4O4S. The normalized spacial score (nSPS) is 18.4. The highest BCUT2D eigenvalue weighted by atomic mass is 32.2. The van der Waals surface area contributed by atoms with Crippen molar-refractivity contribution >= 4 is 33.3 Å². The van der Waals surface area contributed by atoms with Crippen LogP contribution in [0.5, 0.6) is 0 Å². The number of aromatic carboxylic acids is 1. The van der Waals surface area contributed by atoms with Crippen molar-refractivity contribution in [3.63, 3.8) is 0 Å². The Morgan fingerprint density at radius 1 is 1.31 bits per heavy atom. The first-order valence-corrected chi connectivity index (χ1v) is 10.1. The summed E-state index contributed by atoms with van der Waals surface area (Å²) in [6.45, 7) is 2.55. The van der Waals surface area contributed by atoms with E-state index in [9.17, 15) is 13.2 Å². The summed E-state index contributed by atoms with van der Waals surface area (Å²) in [5.41, 5.74) is 0.907. The summed E-state index contributed by atoms with van der Waals surface area (Å²) >= 11 is 0. The number of anilines is 3. The van der Waals surface area contributed by atoms with Crippen LogP contribution in [0.3, 0.4) is 0 Å². The zero-order valence-corrected chi connectivity index (χ0v) is 15.1. The highest BCUT2D eigenvalue weighted by Crippen LogP contribution is 2.23. The molecule has 8 nitrogen and oxygen atoms in total. The zero-order valence-electron chi connectivity index (χ0n) is 14.3. The molecule has 138 valence electrons. The van der Waals surface area contributed by atoms with Crippen molar-refractivity contribution in [1.29, 1.82) is 0 Å². The first-order chi connectivity index (χ1) is 12.4. The number of carboxylic acids is 1. The number of hydrogen-bond donors (Lipinski definition) is 2. The number of hydrogen-bond acceptors (Lipinski definition) is 7. The van der Waals surface area contributed by atoms with Gasteiger partial charge in [0.2, 0.25) is 5.95 Å². The number of nitrogens with one attached hydrogen (secondary N) is 1. The average molecular weight is 376 g/mol. The minimum atomic E-state index is -2.99. The number of nitrogens with zero attached hydrogens (tertiary/aromatic N) is 3. The Labute approximate surface area is 151 Å². The Bertz CT molecular complexity index is 899. The second kappa shape index (κ2) is 7.28. The second-order valence-electron chi connectivity index (χ2n) is 6.09. The lowest BCUT2D eigenvalue weighted by atomic mass is 10.2.